The zero-order valence-corrected chi connectivity index (χ0v) is 12.2. The predicted octanol–water partition coefficient (Wildman–Crippen LogP) is 2.96. The maximum absolute atomic E-state index is 12.4. The highest BCUT2D eigenvalue weighted by molar-refractivity contribution is 5.95. The Kier molecular flexibility index (Phi) is 3.50. The van der Waals surface area contributed by atoms with Crippen LogP contribution < -0.4 is 5.32 Å². The normalized spacial score (nSPS) is 23.9. The molecule has 20 heavy (non-hydrogen) atoms. The van der Waals surface area contributed by atoms with Gasteiger partial charge in [-0.3, -0.25) is 4.79 Å². The molecule has 108 valence electrons. The van der Waals surface area contributed by atoms with E-state index in [2.05, 4.69) is 24.1 Å². The van der Waals surface area contributed by atoms with Crippen molar-refractivity contribution in [3.05, 3.63) is 23.9 Å². The summed E-state index contributed by atoms with van der Waals surface area (Å²) in [6, 6.07) is 3.95. The molecule has 4 nitrogen and oxygen atoms in total. The van der Waals surface area contributed by atoms with Gasteiger partial charge in [0.15, 0.2) is 0 Å². The van der Waals surface area contributed by atoms with Crippen molar-refractivity contribution in [2.24, 2.45) is 11.3 Å². The maximum atomic E-state index is 12.4. The molecule has 1 aromatic rings. The molecule has 1 aliphatic heterocycles. The quantitative estimate of drug-likeness (QED) is 0.922. The fraction of sp³-hybridized carbons (Fsp3) is 0.625. The van der Waals surface area contributed by atoms with Crippen molar-refractivity contribution in [1.29, 1.82) is 0 Å². The van der Waals surface area contributed by atoms with Crippen LogP contribution >= 0.6 is 0 Å². The van der Waals surface area contributed by atoms with Crippen LogP contribution in [0.4, 0.5) is 5.82 Å². The Bertz CT molecular complexity index is 507. The van der Waals surface area contributed by atoms with Gasteiger partial charge in [-0.15, -0.1) is 0 Å². The number of aromatic nitrogens is 1. The van der Waals surface area contributed by atoms with E-state index in [-0.39, 0.29) is 17.2 Å². The van der Waals surface area contributed by atoms with Crippen molar-refractivity contribution in [3.8, 4) is 0 Å². The monoisotopic (exact) mass is 274 g/mol. The molecule has 2 fully saturated rings. The number of hydrogen-bond acceptors (Lipinski definition) is 3. The predicted molar refractivity (Wildman–Crippen MR) is 77.5 cm³/mol. The van der Waals surface area contributed by atoms with E-state index >= 15 is 0 Å². The molecule has 3 rings (SSSR count). The van der Waals surface area contributed by atoms with E-state index in [1.807, 2.05) is 12.1 Å². The second kappa shape index (κ2) is 5.17. The van der Waals surface area contributed by atoms with Crippen molar-refractivity contribution < 1.29 is 9.53 Å². The number of carbonyl (C=O) groups excluding carboxylic acids is 1. The first-order chi connectivity index (χ1) is 9.62. The highest BCUT2D eigenvalue weighted by Gasteiger charge is 2.58. The average molecular weight is 274 g/mol. The van der Waals surface area contributed by atoms with Crippen molar-refractivity contribution in [2.45, 2.75) is 39.0 Å². The van der Waals surface area contributed by atoms with Gasteiger partial charge >= 0.3 is 0 Å². The Morgan fingerprint density at radius 1 is 1.45 bits per heavy atom. The molecule has 2 aliphatic rings. The molecule has 4 heteroatoms. The van der Waals surface area contributed by atoms with Crippen LogP contribution in [-0.4, -0.2) is 24.1 Å². The molecule has 1 aromatic heterocycles. The van der Waals surface area contributed by atoms with E-state index in [0.717, 1.165) is 43.9 Å². The van der Waals surface area contributed by atoms with Gasteiger partial charge in [0.1, 0.15) is 5.82 Å². The van der Waals surface area contributed by atoms with Gasteiger partial charge < -0.3 is 10.1 Å². The molecule has 1 atom stereocenters. The Labute approximate surface area is 119 Å². The number of nitrogens with one attached hydrogen (secondary N) is 1. The lowest BCUT2D eigenvalue weighted by atomic mass is 9.93. The summed E-state index contributed by atoms with van der Waals surface area (Å²) in [5, 5.41) is 3.03. The first-order valence-corrected chi connectivity index (χ1v) is 7.46. The summed E-state index contributed by atoms with van der Waals surface area (Å²) in [5.41, 5.74) is 1.32. The van der Waals surface area contributed by atoms with Crippen LogP contribution in [0.25, 0.3) is 0 Å². The van der Waals surface area contributed by atoms with Crippen molar-refractivity contribution in [1.82, 2.24) is 4.98 Å². The van der Waals surface area contributed by atoms with Gasteiger partial charge in [0.2, 0.25) is 5.91 Å². The van der Waals surface area contributed by atoms with Crippen LogP contribution in [0.2, 0.25) is 0 Å². The minimum Gasteiger partial charge on any atom is -0.381 e. The number of ether oxygens (including phenoxy) is 1. The number of amides is 1. The van der Waals surface area contributed by atoms with Gasteiger partial charge in [-0.25, -0.2) is 4.98 Å². The fourth-order valence-electron chi connectivity index (χ4n) is 3.24. The molecule has 1 spiro atoms. The first kappa shape index (κ1) is 13.6. The summed E-state index contributed by atoms with van der Waals surface area (Å²) < 4.78 is 5.40. The topological polar surface area (TPSA) is 51.2 Å². The van der Waals surface area contributed by atoms with E-state index in [0.29, 0.717) is 5.92 Å². The number of pyridine rings is 1. The van der Waals surface area contributed by atoms with Crippen LogP contribution in [0.3, 0.4) is 0 Å². The van der Waals surface area contributed by atoms with Crippen LogP contribution in [0.15, 0.2) is 18.3 Å². The average Bonchev–Trinajstić information content (AvgIpc) is 3.13. The highest BCUT2D eigenvalue weighted by Crippen LogP contribution is 2.59. The molecule has 2 heterocycles. The zero-order valence-electron chi connectivity index (χ0n) is 12.2. The number of anilines is 1. The molecule has 1 saturated heterocycles. The molecule has 1 amide bonds. The summed E-state index contributed by atoms with van der Waals surface area (Å²) in [6.45, 7) is 5.82. The smallest absolute Gasteiger partial charge is 0.229 e. The minimum absolute atomic E-state index is 0.132. The lowest BCUT2D eigenvalue weighted by Gasteiger charge is -2.22. The Hall–Kier alpha value is -1.42. The Morgan fingerprint density at radius 2 is 2.20 bits per heavy atom. The van der Waals surface area contributed by atoms with E-state index in [9.17, 15) is 4.79 Å². The third-order valence-electron chi connectivity index (χ3n) is 4.70. The number of carbonyl (C=O) groups is 1. The van der Waals surface area contributed by atoms with Crippen molar-refractivity contribution in [2.75, 3.05) is 18.5 Å². The highest BCUT2D eigenvalue weighted by atomic mass is 16.5. The van der Waals surface area contributed by atoms with E-state index in [4.69, 9.17) is 4.74 Å². The van der Waals surface area contributed by atoms with Crippen LogP contribution in [0.1, 0.15) is 44.6 Å². The Morgan fingerprint density at radius 3 is 2.90 bits per heavy atom. The van der Waals surface area contributed by atoms with Crippen molar-refractivity contribution in [3.63, 3.8) is 0 Å². The first-order valence-electron chi connectivity index (χ1n) is 7.46. The van der Waals surface area contributed by atoms with Gasteiger partial charge in [0.25, 0.3) is 0 Å². The number of hydrogen-bond donors (Lipinski definition) is 1. The van der Waals surface area contributed by atoms with E-state index in [1.165, 1.54) is 0 Å². The second-order valence-electron chi connectivity index (χ2n) is 6.32. The second-order valence-corrected chi connectivity index (χ2v) is 6.32. The van der Waals surface area contributed by atoms with Gasteiger partial charge in [-0.1, -0.05) is 19.9 Å². The lowest BCUT2D eigenvalue weighted by Crippen LogP contribution is -2.24. The fourth-order valence-corrected chi connectivity index (χ4v) is 3.24. The molecule has 1 N–H and O–H groups in total. The SMILES string of the molecule is CC(C)c1cccnc1NC(=O)C1CC12CCOCC2. The third-order valence-corrected chi connectivity index (χ3v) is 4.70. The van der Waals surface area contributed by atoms with Crippen LogP contribution in [0.5, 0.6) is 0 Å². The standard InChI is InChI=1S/C16H22N2O2/c1-11(2)12-4-3-7-17-14(12)18-15(19)13-10-16(13)5-8-20-9-6-16/h3-4,7,11,13H,5-6,8-10H2,1-2H3,(H,17,18,19). The molecular formula is C16H22N2O2. The summed E-state index contributed by atoms with van der Waals surface area (Å²) in [6.07, 6.45) is 4.78. The maximum Gasteiger partial charge on any atom is 0.229 e. The largest absolute Gasteiger partial charge is 0.381 e. The molecule has 1 unspecified atom stereocenters. The number of nitrogens with zero attached hydrogens (tertiary/aromatic N) is 1. The van der Waals surface area contributed by atoms with E-state index < -0.39 is 0 Å². The minimum atomic E-state index is 0.132. The van der Waals surface area contributed by atoms with Gasteiger partial charge in [-0.2, -0.15) is 0 Å². The van der Waals surface area contributed by atoms with Gasteiger partial charge in [0, 0.05) is 25.3 Å². The molecule has 0 aromatic carbocycles. The zero-order chi connectivity index (χ0) is 14.2. The lowest BCUT2D eigenvalue weighted by molar-refractivity contribution is -0.118. The summed E-state index contributed by atoms with van der Waals surface area (Å²) in [7, 11) is 0. The summed E-state index contributed by atoms with van der Waals surface area (Å²) >= 11 is 0. The van der Waals surface area contributed by atoms with Gasteiger partial charge in [0.05, 0.1) is 0 Å². The molecule has 0 radical (unpaired) electrons. The molecular weight excluding hydrogens is 252 g/mol. The third kappa shape index (κ3) is 2.44. The Balaban J connectivity index is 1.68. The number of rotatable bonds is 3. The molecule has 1 saturated carbocycles. The van der Waals surface area contributed by atoms with Crippen molar-refractivity contribution >= 4 is 11.7 Å². The van der Waals surface area contributed by atoms with Crippen LogP contribution in [-0.2, 0) is 9.53 Å². The molecule has 1 aliphatic carbocycles. The summed E-state index contributed by atoms with van der Waals surface area (Å²) in [4.78, 5) is 16.8. The summed E-state index contributed by atoms with van der Waals surface area (Å²) in [5.74, 6) is 1.36. The van der Waals surface area contributed by atoms with E-state index in [1.54, 1.807) is 6.20 Å². The molecule has 0 bridgehead atoms. The van der Waals surface area contributed by atoms with Gasteiger partial charge in [-0.05, 0) is 42.2 Å². The van der Waals surface area contributed by atoms with Crippen LogP contribution in [0, 0.1) is 11.3 Å².